The zero-order chi connectivity index (χ0) is 19.7. The molecule has 1 heterocycles. The van der Waals surface area contributed by atoms with Gasteiger partial charge in [0.05, 0.1) is 6.26 Å². The molecule has 1 saturated heterocycles. The summed E-state index contributed by atoms with van der Waals surface area (Å²) in [7, 11) is 0.850. The highest BCUT2D eigenvalue weighted by Gasteiger charge is 2.46. The van der Waals surface area contributed by atoms with E-state index in [4.69, 9.17) is 0 Å². The number of hydrogen-bond donors (Lipinski definition) is 1. The second kappa shape index (κ2) is 7.89. The lowest BCUT2D eigenvalue weighted by Gasteiger charge is -2.39. The fourth-order valence-electron chi connectivity index (χ4n) is 4.64. The van der Waals surface area contributed by atoms with E-state index in [1.54, 1.807) is 4.31 Å². The van der Waals surface area contributed by atoms with Crippen molar-refractivity contribution in [3.8, 4) is 0 Å². The monoisotopic (exact) mass is 393 g/mol. The van der Waals surface area contributed by atoms with Crippen molar-refractivity contribution >= 4 is 15.9 Å². The molecule has 1 aromatic rings. The Balaban J connectivity index is 1.70. The van der Waals surface area contributed by atoms with E-state index in [0.717, 1.165) is 25.8 Å². The molecule has 0 unspecified atom stereocenters. The van der Waals surface area contributed by atoms with Crippen molar-refractivity contribution in [3.05, 3.63) is 35.4 Å². The lowest BCUT2D eigenvalue weighted by Crippen LogP contribution is -2.44. The summed E-state index contributed by atoms with van der Waals surface area (Å²) < 4.78 is 25.3. The van der Waals surface area contributed by atoms with E-state index in [-0.39, 0.29) is 17.2 Å². The Labute approximate surface area is 163 Å². The molecule has 1 N–H and O–H groups in total. The Morgan fingerprint density at radius 2 is 1.93 bits per heavy atom. The summed E-state index contributed by atoms with van der Waals surface area (Å²) in [5.74, 6) is 0.313. The second-order valence-corrected chi connectivity index (χ2v) is 10.3. The summed E-state index contributed by atoms with van der Waals surface area (Å²) in [5, 5.41) is 3.02. The molecule has 0 radical (unpaired) electrons. The van der Waals surface area contributed by atoms with Crippen LogP contribution in [0.15, 0.2) is 24.3 Å². The number of benzene rings is 1. The summed E-state index contributed by atoms with van der Waals surface area (Å²) in [4.78, 5) is 14.5. The summed E-state index contributed by atoms with van der Waals surface area (Å²) in [5.41, 5.74) is 2.60. The van der Waals surface area contributed by atoms with Crippen LogP contribution in [0.25, 0.3) is 0 Å². The molecule has 1 spiro atoms. The van der Waals surface area contributed by atoms with Crippen LogP contribution in [0.4, 0.5) is 0 Å². The third-order valence-electron chi connectivity index (χ3n) is 6.07. The lowest BCUT2D eigenvalue weighted by atomic mass is 9.73. The number of likely N-dealkylation sites (N-methyl/N-ethyl adjacent to an activating group) is 1. The third-order valence-corrected chi connectivity index (χ3v) is 7.37. The molecule has 3 rings (SSSR count). The molecular formula is C20H31N3O3S. The topological polar surface area (TPSA) is 69.7 Å². The van der Waals surface area contributed by atoms with Gasteiger partial charge in [-0.2, -0.15) is 0 Å². The van der Waals surface area contributed by atoms with Gasteiger partial charge in [0.2, 0.25) is 15.9 Å². The van der Waals surface area contributed by atoms with E-state index >= 15 is 0 Å². The highest BCUT2D eigenvalue weighted by atomic mass is 32.2. The number of carbonyl (C=O) groups is 1. The molecule has 1 aromatic carbocycles. The quantitative estimate of drug-likeness (QED) is 0.796. The first kappa shape index (κ1) is 20.3. The number of sulfonamides is 1. The zero-order valence-electron chi connectivity index (χ0n) is 16.6. The summed E-state index contributed by atoms with van der Waals surface area (Å²) >= 11 is 0. The largest absolute Gasteiger partial charge is 0.355 e. The molecular weight excluding hydrogens is 362 g/mol. The molecule has 1 aliphatic carbocycles. The average Bonchev–Trinajstić information content (AvgIpc) is 2.88. The molecule has 1 aliphatic heterocycles. The highest BCUT2D eigenvalue weighted by Crippen LogP contribution is 2.52. The van der Waals surface area contributed by atoms with Gasteiger partial charge in [-0.1, -0.05) is 24.3 Å². The number of nitrogens with zero attached hydrogens (tertiary/aromatic N) is 2. The number of amides is 1. The first-order chi connectivity index (χ1) is 12.7. The maximum atomic E-state index is 12.4. The molecule has 0 saturated carbocycles. The average molecular weight is 394 g/mol. The van der Waals surface area contributed by atoms with Gasteiger partial charge in [0.25, 0.3) is 0 Å². The van der Waals surface area contributed by atoms with Crippen LogP contribution >= 0.6 is 0 Å². The molecule has 1 fully saturated rings. The number of nitrogens with one attached hydrogen (secondary N) is 1. The molecule has 1 amide bonds. The number of piperidine rings is 1. The van der Waals surface area contributed by atoms with Gasteiger partial charge in [0, 0.05) is 32.6 Å². The van der Waals surface area contributed by atoms with E-state index < -0.39 is 10.0 Å². The van der Waals surface area contributed by atoms with Gasteiger partial charge in [-0.3, -0.25) is 4.79 Å². The van der Waals surface area contributed by atoms with Crippen molar-refractivity contribution in [1.29, 1.82) is 0 Å². The molecule has 0 bridgehead atoms. The van der Waals surface area contributed by atoms with E-state index in [1.165, 1.54) is 17.4 Å². The summed E-state index contributed by atoms with van der Waals surface area (Å²) in [6.45, 7) is 2.62. The van der Waals surface area contributed by atoms with Crippen LogP contribution in [-0.2, 0) is 20.2 Å². The smallest absolute Gasteiger partial charge is 0.220 e. The van der Waals surface area contributed by atoms with Crippen LogP contribution in [0.5, 0.6) is 0 Å². The van der Waals surface area contributed by atoms with Gasteiger partial charge in [-0.05, 0) is 55.8 Å². The van der Waals surface area contributed by atoms with Crippen LogP contribution in [0.1, 0.15) is 42.7 Å². The number of hydrogen-bond acceptors (Lipinski definition) is 4. The SMILES string of the molecule is CN(C)CCNC(=O)C[C@@H]1CC2(CCN(S(C)(=O)=O)CC2)c2ccccc21. The molecule has 0 aromatic heterocycles. The minimum absolute atomic E-state index is 0.00632. The fraction of sp³-hybridized carbons (Fsp3) is 0.650. The molecule has 6 nitrogen and oxygen atoms in total. The van der Waals surface area contributed by atoms with Gasteiger partial charge >= 0.3 is 0 Å². The van der Waals surface area contributed by atoms with Crippen molar-refractivity contribution in [3.63, 3.8) is 0 Å². The Kier molecular flexibility index (Phi) is 5.93. The second-order valence-electron chi connectivity index (χ2n) is 8.29. The van der Waals surface area contributed by atoms with Crippen molar-refractivity contribution in [2.24, 2.45) is 0 Å². The van der Waals surface area contributed by atoms with Crippen LogP contribution in [0.2, 0.25) is 0 Å². The van der Waals surface area contributed by atoms with Crippen LogP contribution in [0, 0.1) is 0 Å². The van der Waals surface area contributed by atoms with Crippen molar-refractivity contribution in [2.75, 3.05) is 46.5 Å². The lowest BCUT2D eigenvalue weighted by molar-refractivity contribution is -0.121. The predicted octanol–water partition coefficient (Wildman–Crippen LogP) is 1.54. The number of carbonyl (C=O) groups excluding carboxylic acids is 1. The maximum absolute atomic E-state index is 12.4. The van der Waals surface area contributed by atoms with Crippen molar-refractivity contribution in [1.82, 2.24) is 14.5 Å². The molecule has 150 valence electrons. The maximum Gasteiger partial charge on any atom is 0.220 e. The van der Waals surface area contributed by atoms with Gasteiger partial charge in [-0.25, -0.2) is 12.7 Å². The number of rotatable bonds is 6. The Bertz CT molecular complexity index is 783. The van der Waals surface area contributed by atoms with Gasteiger partial charge in [0.1, 0.15) is 0 Å². The first-order valence-electron chi connectivity index (χ1n) is 9.67. The molecule has 27 heavy (non-hydrogen) atoms. The van der Waals surface area contributed by atoms with E-state index in [9.17, 15) is 13.2 Å². The normalized spacial score (nSPS) is 22.1. The highest BCUT2D eigenvalue weighted by molar-refractivity contribution is 7.88. The van der Waals surface area contributed by atoms with E-state index in [0.29, 0.717) is 26.1 Å². The van der Waals surface area contributed by atoms with Gasteiger partial charge in [0.15, 0.2) is 0 Å². The molecule has 2 aliphatic rings. The first-order valence-corrected chi connectivity index (χ1v) is 11.5. The Morgan fingerprint density at radius 1 is 1.26 bits per heavy atom. The minimum atomic E-state index is -3.13. The van der Waals surface area contributed by atoms with Crippen molar-refractivity contribution < 1.29 is 13.2 Å². The summed E-state index contributed by atoms with van der Waals surface area (Å²) in [6.07, 6.45) is 4.38. The molecule has 1 atom stereocenters. The minimum Gasteiger partial charge on any atom is -0.355 e. The summed E-state index contributed by atoms with van der Waals surface area (Å²) in [6, 6.07) is 8.42. The van der Waals surface area contributed by atoms with Gasteiger partial charge < -0.3 is 10.2 Å². The third kappa shape index (κ3) is 4.52. The standard InChI is InChI=1S/C20H31N3O3S/c1-22(2)13-10-21-19(24)14-16-15-20(18-7-5-4-6-17(16)18)8-11-23(12-9-20)27(3,25)26/h4-7,16H,8-15H2,1-3H3,(H,21,24)/t16-/m1/s1. The van der Waals surface area contributed by atoms with Crippen LogP contribution in [-0.4, -0.2) is 70.1 Å². The molecule has 7 heteroatoms. The van der Waals surface area contributed by atoms with Gasteiger partial charge in [-0.15, -0.1) is 0 Å². The van der Waals surface area contributed by atoms with Crippen LogP contribution < -0.4 is 5.32 Å². The Hall–Kier alpha value is -1.44. The number of fused-ring (bicyclic) bond motifs is 2. The zero-order valence-corrected chi connectivity index (χ0v) is 17.4. The van der Waals surface area contributed by atoms with Crippen molar-refractivity contribution in [2.45, 2.75) is 37.0 Å². The Morgan fingerprint density at radius 3 is 2.56 bits per heavy atom. The van der Waals surface area contributed by atoms with E-state index in [1.807, 2.05) is 20.2 Å². The van der Waals surface area contributed by atoms with Crippen LogP contribution in [0.3, 0.4) is 0 Å². The fourth-order valence-corrected chi connectivity index (χ4v) is 5.49. The van der Waals surface area contributed by atoms with E-state index in [2.05, 4.69) is 28.4 Å². The predicted molar refractivity (Wildman–Crippen MR) is 107 cm³/mol.